The molecular formula is C21H26ClN3O2. The lowest BCUT2D eigenvalue weighted by Crippen LogP contribution is -2.33. The molecule has 1 heterocycles. The predicted octanol–water partition coefficient (Wildman–Crippen LogP) is 4.63. The van der Waals surface area contributed by atoms with Crippen LogP contribution in [0.3, 0.4) is 0 Å². The largest absolute Gasteiger partial charge is 0.345 e. The van der Waals surface area contributed by atoms with E-state index in [1.807, 2.05) is 19.9 Å². The van der Waals surface area contributed by atoms with Gasteiger partial charge in [0.15, 0.2) is 0 Å². The molecule has 5 nitrogen and oxygen atoms in total. The number of benzene rings is 1. The highest BCUT2D eigenvalue weighted by Crippen LogP contribution is 2.32. The van der Waals surface area contributed by atoms with Crippen LogP contribution in [0.2, 0.25) is 5.02 Å². The molecule has 6 heteroatoms. The topological polar surface area (TPSA) is 63.1 Å². The minimum absolute atomic E-state index is 0.0748. The van der Waals surface area contributed by atoms with Crippen LogP contribution in [0.15, 0.2) is 30.3 Å². The molecule has 2 amide bonds. The van der Waals surface area contributed by atoms with E-state index in [0.29, 0.717) is 22.3 Å². The molecule has 1 aliphatic carbocycles. The number of anilines is 1. The van der Waals surface area contributed by atoms with Crippen LogP contribution in [-0.2, 0) is 4.79 Å². The molecule has 0 aliphatic heterocycles. The summed E-state index contributed by atoms with van der Waals surface area (Å²) in [5.41, 5.74) is 3.39. The number of rotatable bonds is 5. The van der Waals surface area contributed by atoms with Crippen molar-refractivity contribution in [2.45, 2.75) is 52.0 Å². The first-order valence-electron chi connectivity index (χ1n) is 9.47. The number of amides is 2. The number of nitrogens with zero attached hydrogens (tertiary/aromatic N) is 1. The van der Waals surface area contributed by atoms with Crippen LogP contribution in [0.4, 0.5) is 5.69 Å². The van der Waals surface area contributed by atoms with E-state index in [9.17, 15) is 9.59 Å². The van der Waals surface area contributed by atoms with Crippen molar-refractivity contribution >= 4 is 29.1 Å². The fraction of sp³-hybridized carbons (Fsp3) is 0.429. The second-order valence-corrected chi connectivity index (χ2v) is 7.62. The summed E-state index contributed by atoms with van der Waals surface area (Å²) in [6, 6.07) is 9.26. The minimum Gasteiger partial charge on any atom is -0.345 e. The predicted molar refractivity (Wildman–Crippen MR) is 108 cm³/mol. The Kier molecular flexibility index (Phi) is 6.22. The van der Waals surface area contributed by atoms with E-state index in [1.165, 1.54) is 32.1 Å². The first-order valence-corrected chi connectivity index (χ1v) is 9.85. The van der Waals surface area contributed by atoms with Crippen molar-refractivity contribution in [2.75, 3.05) is 11.9 Å². The SMILES string of the molecule is Cc1cc(C(=O)NCC(=O)Nc2ccc(Cl)cc2)c(C)n1C1CCCCC1. The Morgan fingerprint density at radius 1 is 1.11 bits per heavy atom. The van der Waals surface area contributed by atoms with Gasteiger partial charge in [0.1, 0.15) is 0 Å². The second kappa shape index (κ2) is 8.61. The van der Waals surface area contributed by atoms with E-state index in [0.717, 1.165) is 11.4 Å². The van der Waals surface area contributed by atoms with E-state index >= 15 is 0 Å². The first kappa shape index (κ1) is 19.5. The summed E-state index contributed by atoms with van der Waals surface area (Å²) in [7, 11) is 0. The molecule has 0 radical (unpaired) electrons. The highest BCUT2D eigenvalue weighted by molar-refractivity contribution is 6.30. The third-order valence-corrected chi connectivity index (χ3v) is 5.46. The van der Waals surface area contributed by atoms with Crippen LogP contribution in [0.25, 0.3) is 0 Å². The van der Waals surface area contributed by atoms with Gasteiger partial charge in [-0.3, -0.25) is 9.59 Å². The van der Waals surface area contributed by atoms with Crippen molar-refractivity contribution < 1.29 is 9.59 Å². The summed E-state index contributed by atoms with van der Waals surface area (Å²) in [5, 5.41) is 6.07. The zero-order valence-electron chi connectivity index (χ0n) is 15.8. The molecule has 2 N–H and O–H groups in total. The molecule has 0 bridgehead atoms. The molecule has 1 aromatic carbocycles. The molecule has 0 atom stereocenters. The van der Waals surface area contributed by atoms with Gasteiger partial charge in [-0.2, -0.15) is 0 Å². The standard InChI is InChI=1S/C21H26ClN3O2/c1-14-12-19(15(2)25(14)18-6-4-3-5-7-18)21(27)23-13-20(26)24-17-10-8-16(22)9-11-17/h8-12,18H,3-7,13H2,1-2H3,(H,23,27)(H,24,26). The van der Waals surface area contributed by atoms with Crippen LogP contribution in [0, 0.1) is 13.8 Å². The summed E-state index contributed by atoms with van der Waals surface area (Å²) in [6.07, 6.45) is 6.12. The highest BCUT2D eigenvalue weighted by Gasteiger charge is 2.22. The Morgan fingerprint density at radius 3 is 2.44 bits per heavy atom. The van der Waals surface area contributed by atoms with Gasteiger partial charge in [-0.1, -0.05) is 30.9 Å². The molecule has 0 unspecified atom stereocenters. The molecule has 144 valence electrons. The van der Waals surface area contributed by atoms with Crippen LogP contribution in [-0.4, -0.2) is 22.9 Å². The Labute approximate surface area is 165 Å². The molecule has 1 aromatic heterocycles. The van der Waals surface area contributed by atoms with Crippen molar-refractivity contribution in [3.63, 3.8) is 0 Å². The molecule has 1 saturated carbocycles. The van der Waals surface area contributed by atoms with Gasteiger partial charge in [0.25, 0.3) is 5.91 Å². The van der Waals surface area contributed by atoms with Crippen molar-refractivity contribution in [1.29, 1.82) is 0 Å². The van der Waals surface area contributed by atoms with Gasteiger partial charge in [-0.15, -0.1) is 0 Å². The smallest absolute Gasteiger partial charge is 0.253 e. The van der Waals surface area contributed by atoms with Gasteiger partial charge >= 0.3 is 0 Å². The number of carbonyl (C=O) groups is 2. The zero-order valence-corrected chi connectivity index (χ0v) is 16.6. The zero-order chi connectivity index (χ0) is 19.4. The fourth-order valence-corrected chi connectivity index (χ4v) is 4.03. The number of nitrogens with one attached hydrogen (secondary N) is 2. The maximum absolute atomic E-state index is 12.6. The molecule has 27 heavy (non-hydrogen) atoms. The lowest BCUT2D eigenvalue weighted by atomic mass is 9.95. The quantitative estimate of drug-likeness (QED) is 0.785. The van der Waals surface area contributed by atoms with Gasteiger partial charge in [0.05, 0.1) is 12.1 Å². The Bertz CT molecular complexity index is 821. The number of hydrogen-bond acceptors (Lipinski definition) is 2. The second-order valence-electron chi connectivity index (χ2n) is 7.18. The maximum atomic E-state index is 12.6. The van der Waals surface area contributed by atoms with Crippen molar-refractivity contribution in [3.8, 4) is 0 Å². The average Bonchev–Trinajstić information content (AvgIpc) is 2.96. The number of hydrogen-bond donors (Lipinski definition) is 2. The first-order chi connectivity index (χ1) is 13.0. The molecule has 2 aromatic rings. The van der Waals surface area contributed by atoms with E-state index < -0.39 is 0 Å². The normalized spacial score (nSPS) is 14.8. The van der Waals surface area contributed by atoms with E-state index in [1.54, 1.807) is 24.3 Å². The minimum atomic E-state index is -0.272. The van der Waals surface area contributed by atoms with E-state index in [2.05, 4.69) is 15.2 Å². The Balaban J connectivity index is 1.60. The third-order valence-electron chi connectivity index (χ3n) is 5.21. The number of carbonyl (C=O) groups excluding carboxylic acids is 2. The fourth-order valence-electron chi connectivity index (χ4n) is 3.90. The monoisotopic (exact) mass is 387 g/mol. The van der Waals surface area contributed by atoms with E-state index in [-0.39, 0.29) is 18.4 Å². The van der Waals surface area contributed by atoms with Gasteiger partial charge in [-0.05, 0) is 57.0 Å². The van der Waals surface area contributed by atoms with Gasteiger partial charge in [0, 0.05) is 28.1 Å². The van der Waals surface area contributed by atoms with Gasteiger partial charge < -0.3 is 15.2 Å². The molecule has 0 saturated heterocycles. The molecule has 1 fully saturated rings. The summed E-state index contributed by atoms with van der Waals surface area (Å²) in [6.45, 7) is 3.96. The van der Waals surface area contributed by atoms with Gasteiger partial charge in [-0.25, -0.2) is 0 Å². The molecule has 1 aliphatic rings. The van der Waals surface area contributed by atoms with Crippen LogP contribution in [0.1, 0.15) is 59.9 Å². The molecular weight excluding hydrogens is 362 g/mol. The summed E-state index contributed by atoms with van der Waals surface area (Å²) < 4.78 is 2.29. The Morgan fingerprint density at radius 2 is 1.78 bits per heavy atom. The Hall–Kier alpha value is -2.27. The maximum Gasteiger partial charge on any atom is 0.253 e. The summed E-state index contributed by atoms with van der Waals surface area (Å²) >= 11 is 5.83. The number of aromatic nitrogens is 1. The van der Waals surface area contributed by atoms with E-state index in [4.69, 9.17) is 11.6 Å². The van der Waals surface area contributed by atoms with Crippen LogP contribution in [0.5, 0.6) is 0 Å². The van der Waals surface area contributed by atoms with Crippen molar-refractivity contribution in [3.05, 3.63) is 52.3 Å². The summed E-state index contributed by atoms with van der Waals surface area (Å²) in [5.74, 6) is -0.483. The number of aryl methyl sites for hydroxylation is 1. The third kappa shape index (κ3) is 4.72. The highest BCUT2D eigenvalue weighted by atomic mass is 35.5. The molecule has 3 rings (SSSR count). The van der Waals surface area contributed by atoms with Crippen LogP contribution < -0.4 is 10.6 Å². The van der Waals surface area contributed by atoms with Gasteiger partial charge in [0.2, 0.25) is 5.91 Å². The molecule has 0 spiro atoms. The van der Waals surface area contributed by atoms with Crippen LogP contribution >= 0.6 is 11.6 Å². The lowest BCUT2D eigenvalue weighted by molar-refractivity contribution is -0.115. The lowest BCUT2D eigenvalue weighted by Gasteiger charge is -2.26. The summed E-state index contributed by atoms with van der Waals surface area (Å²) in [4.78, 5) is 24.7. The van der Waals surface area contributed by atoms with Crippen molar-refractivity contribution in [1.82, 2.24) is 9.88 Å². The number of halogens is 1. The van der Waals surface area contributed by atoms with Crippen molar-refractivity contribution in [2.24, 2.45) is 0 Å². The average molecular weight is 388 g/mol.